The molecule has 5 nitrogen and oxygen atoms in total. The molecule has 0 fully saturated rings. The van der Waals surface area contributed by atoms with E-state index in [4.69, 9.17) is 0 Å². The molecule has 16 heavy (non-hydrogen) atoms. The number of rotatable bonds is 5. The molecule has 0 spiro atoms. The number of likely N-dealkylation sites (N-methyl/N-ethyl adjacent to an activating group) is 2. The van der Waals surface area contributed by atoms with Crippen LogP contribution in [-0.2, 0) is 9.59 Å². The summed E-state index contributed by atoms with van der Waals surface area (Å²) in [4.78, 5) is 24.1. The number of nitrogens with zero attached hydrogens (tertiary/aromatic N) is 1. The van der Waals surface area contributed by atoms with Crippen molar-refractivity contribution in [2.24, 2.45) is 0 Å². The quantitative estimate of drug-likeness (QED) is 0.696. The van der Waals surface area contributed by atoms with Gasteiger partial charge in [-0.2, -0.15) is 0 Å². The summed E-state index contributed by atoms with van der Waals surface area (Å²) in [7, 11) is 3.19. The Hall–Kier alpha value is -1.10. The zero-order valence-corrected chi connectivity index (χ0v) is 10.9. The zero-order chi connectivity index (χ0) is 12.8. The Morgan fingerprint density at radius 2 is 1.81 bits per heavy atom. The van der Waals surface area contributed by atoms with Crippen LogP contribution in [0, 0.1) is 0 Å². The molecule has 0 rings (SSSR count). The topological polar surface area (TPSA) is 61.4 Å². The van der Waals surface area contributed by atoms with Crippen molar-refractivity contribution in [3.8, 4) is 0 Å². The maximum Gasteiger partial charge on any atom is 0.239 e. The fraction of sp³-hybridized carbons (Fsp3) is 0.818. The van der Waals surface area contributed by atoms with Crippen molar-refractivity contribution >= 4 is 11.8 Å². The van der Waals surface area contributed by atoms with Crippen molar-refractivity contribution in [3.05, 3.63) is 0 Å². The van der Waals surface area contributed by atoms with Crippen LogP contribution in [0.5, 0.6) is 0 Å². The van der Waals surface area contributed by atoms with Gasteiger partial charge in [-0.15, -0.1) is 0 Å². The number of nitrogens with one attached hydrogen (secondary N) is 2. The Morgan fingerprint density at radius 1 is 1.25 bits per heavy atom. The Bertz CT molecular complexity index is 246. The highest BCUT2D eigenvalue weighted by molar-refractivity contribution is 5.84. The van der Waals surface area contributed by atoms with E-state index in [0.717, 1.165) is 0 Å². The van der Waals surface area contributed by atoms with Crippen molar-refractivity contribution in [3.63, 3.8) is 0 Å². The van der Waals surface area contributed by atoms with Gasteiger partial charge in [0.05, 0.1) is 6.54 Å². The van der Waals surface area contributed by atoms with Crippen molar-refractivity contribution in [1.29, 1.82) is 0 Å². The van der Waals surface area contributed by atoms with Crippen LogP contribution in [0.3, 0.4) is 0 Å². The summed E-state index contributed by atoms with van der Waals surface area (Å²) >= 11 is 0. The lowest BCUT2D eigenvalue weighted by molar-refractivity contribution is -0.134. The molecule has 0 atom stereocenters. The highest BCUT2D eigenvalue weighted by Gasteiger charge is 2.13. The normalized spacial score (nSPS) is 11.1. The van der Waals surface area contributed by atoms with Crippen LogP contribution in [0.25, 0.3) is 0 Å². The van der Waals surface area contributed by atoms with Gasteiger partial charge in [0.1, 0.15) is 0 Å². The summed E-state index contributed by atoms with van der Waals surface area (Å²) in [5.74, 6) is -0.181. The summed E-state index contributed by atoms with van der Waals surface area (Å²) < 4.78 is 0. The maximum atomic E-state index is 11.6. The molecule has 0 saturated heterocycles. The highest BCUT2D eigenvalue weighted by Crippen LogP contribution is 1.99. The van der Waals surface area contributed by atoms with E-state index in [1.165, 1.54) is 4.90 Å². The monoisotopic (exact) mass is 229 g/mol. The average molecular weight is 229 g/mol. The average Bonchev–Trinajstić information content (AvgIpc) is 2.15. The minimum atomic E-state index is -0.153. The Balaban J connectivity index is 3.84. The predicted molar refractivity (Wildman–Crippen MR) is 64.1 cm³/mol. The molecule has 5 heteroatoms. The summed E-state index contributed by atoms with van der Waals surface area (Å²) in [6.45, 7) is 6.88. The standard InChI is InChI=1S/C11H23N3O2/c1-11(2,3)13-7-6-10(16)14(5)8-9(15)12-4/h13H,6-8H2,1-5H3,(H,12,15). The van der Waals surface area contributed by atoms with Crippen molar-refractivity contribution in [2.45, 2.75) is 32.7 Å². The van der Waals surface area contributed by atoms with Crippen LogP contribution < -0.4 is 10.6 Å². The van der Waals surface area contributed by atoms with E-state index in [9.17, 15) is 9.59 Å². The summed E-state index contributed by atoms with van der Waals surface area (Å²) in [6, 6.07) is 0. The van der Waals surface area contributed by atoms with Crippen LogP contribution in [-0.4, -0.2) is 49.4 Å². The third-order valence-corrected chi connectivity index (χ3v) is 2.08. The molecular weight excluding hydrogens is 206 g/mol. The van der Waals surface area contributed by atoms with Crippen LogP contribution in [0.2, 0.25) is 0 Å². The molecule has 94 valence electrons. The fourth-order valence-electron chi connectivity index (χ4n) is 1.12. The highest BCUT2D eigenvalue weighted by atomic mass is 16.2. The third-order valence-electron chi connectivity index (χ3n) is 2.08. The van der Waals surface area contributed by atoms with Gasteiger partial charge in [-0.1, -0.05) is 0 Å². The van der Waals surface area contributed by atoms with Gasteiger partial charge in [-0.3, -0.25) is 9.59 Å². The van der Waals surface area contributed by atoms with Gasteiger partial charge in [0.25, 0.3) is 0 Å². The van der Waals surface area contributed by atoms with Gasteiger partial charge in [0.2, 0.25) is 11.8 Å². The van der Waals surface area contributed by atoms with E-state index >= 15 is 0 Å². The molecule has 0 bridgehead atoms. The number of hydrogen-bond donors (Lipinski definition) is 2. The molecule has 0 aromatic heterocycles. The smallest absolute Gasteiger partial charge is 0.239 e. The van der Waals surface area contributed by atoms with Crippen molar-refractivity contribution in [2.75, 3.05) is 27.2 Å². The first-order chi connectivity index (χ1) is 7.26. The second-order valence-electron chi connectivity index (χ2n) is 4.85. The lowest BCUT2D eigenvalue weighted by atomic mass is 10.1. The minimum Gasteiger partial charge on any atom is -0.358 e. The van der Waals surface area contributed by atoms with E-state index in [1.54, 1.807) is 14.1 Å². The summed E-state index contributed by atoms with van der Waals surface area (Å²) in [5.41, 5.74) is 0.0135. The zero-order valence-electron chi connectivity index (χ0n) is 10.9. The van der Waals surface area contributed by atoms with Gasteiger partial charge in [0, 0.05) is 32.6 Å². The Morgan fingerprint density at radius 3 is 2.25 bits per heavy atom. The molecule has 0 unspecified atom stereocenters. The molecule has 0 aliphatic heterocycles. The molecule has 0 aromatic rings. The third kappa shape index (κ3) is 7.23. The number of amides is 2. The van der Waals surface area contributed by atoms with E-state index < -0.39 is 0 Å². The SMILES string of the molecule is CNC(=O)CN(C)C(=O)CCNC(C)(C)C. The second-order valence-corrected chi connectivity index (χ2v) is 4.85. The second kappa shape index (κ2) is 6.48. The van der Waals surface area contributed by atoms with Gasteiger partial charge in [0.15, 0.2) is 0 Å². The van der Waals surface area contributed by atoms with Crippen molar-refractivity contribution < 1.29 is 9.59 Å². The van der Waals surface area contributed by atoms with E-state index in [-0.39, 0.29) is 23.9 Å². The first kappa shape index (κ1) is 14.9. The Labute approximate surface area is 97.6 Å². The van der Waals surface area contributed by atoms with Crippen LogP contribution in [0.1, 0.15) is 27.2 Å². The summed E-state index contributed by atoms with van der Waals surface area (Å²) in [6.07, 6.45) is 0.408. The van der Waals surface area contributed by atoms with Crippen LogP contribution >= 0.6 is 0 Å². The lowest BCUT2D eigenvalue weighted by Gasteiger charge is -2.21. The lowest BCUT2D eigenvalue weighted by Crippen LogP contribution is -2.41. The first-order valence-corrected chi connectivity index (χ1v) is 5.46. The maximum absolute atomic E-state index is 11.6. The molecular formula is C11H23N3O2. The summed E-state index contributed by atoms with van der Waals surface area (Å²) in [5, 5.41) is 5.71. The molecule has 0 aliphatic carbocycles. The molecule has 2 N–H and O–H groups in total. The van der Waals surface area contributed by atoms with Gasteiger partial charge < -0.3 is 15.5 Å². The molecule has 2 amide bonds. The molecule has 0 aromatic carbocycles. The van der Waals surface area contributed by atoms with Crippen LogP contribution in [0.15, 0.2) is 0 Å². The molecule has 0 heterocycles. The Kier molecular flexibility index (Phi) is 6.03. The van der Waals surface area contributed by atoms with Gasteiger partial charge in [-0.05, 0) is 20.8 Å². The number of hydrogen-bond acceptors (Lipinski definition) is 3. The van der Waals surface area contributed by atoms with Gasteiger partial charge in [-0.25, -0.2) is 0 Å². The number of carbonyl (C=O) groups is 2. The van der Waals surface area contributed by atoms with E-state index in [1.807, 2.05) is 20.8 Å². The van der Waals surface area contributed by atoms with E-state index in [2.05, 4.69) is 10.6 Å². The van der Waals surface area contributed by atoms with Gasteiger partial charge >= 0.3 is 0 Å². The molecule has 0 radical (unpaired) electrons. The molecule has 0 aliphatic rings. The first-order valence-electron chi connectivity index (χ1n) is 5.46. The van der Waals surface area contributed by atoms with Crippen molar-refractivity contribution in [1.82, 2.24) is 15.5 Å². The van der Waals surface area contributed by atoms with E-state index in [0.29, 0.717) is 13.0 Å². The minimum absolute atomic E-state index is 0.0135. The fourth-order valence-corrected chi connectivity index (χ4v) is 1.12. The number of carbonyl (C=O) groups excluding carboxylic acids is 2. The largest absolute Gasteiger partial charge is 0.358 e. The predicted octanol–water partition coefficient (Wildman–Crippen LogP) is -0.0310. The van der Waals surface area contributed by atoms with Crippen LogP contribution in [0.4, 0.5) is 0 Å². The molecule has 0 saturated carbocycles.